The molecule has 0 nitrogen and oxygen atoms in total. The standard InChI is InChI=1S/C22H38/c1-16-11-17(13-20(2,3)4)19(15-22(8,9)10)18(12-16)14-21(5,6)7/h11-12H,13-15H2,1-10H3. The third-order valence-corrected chi connectivity index (χ3v) is 3.73. The maximum absolute atomic E-state index is 2.43. The second kappa shape index (κ2) is 6.38. The van der Waals surface area contributed by atoms with E-state index in [1.165, 1.54) is 12.0 Å². The fourth-order valence-corrected chi connectivity index (χ4v) is 3.19. The van der Waals surface area contributed by atoms with Crippen molar-refractivity contribution < 1.29 is 0 Å². The van der Waals surface area contributed by atoms with E-state index in [4.69, 9.17) is 0 Å². The van der Waals surface area contributed by atoms with Crippen molar-refractivity contribution in [3.8, 4) is 0 Å². The molecule has 0 heterocycles. The van der Waals surface area contributed by atoms with Gasteiger partial charge in [0.1, 0.15) is 0 Å². The number of benzene rings is 1. The van der Waals surface area contributed by atoms with E-state index >= 15 is 0 Å². The SMILES string of the molecule is Cc1cc(CC(C)(C)C)c(CC(C)(C)C)c(CC(C)(C)C)c1. The van der Waals surface area contributed by atoms with Gasteiger partial charge in [-0.3, -0.25) is 0 Å². The molecule has 0 spiro atoms. The van der Waals surface area contributed by atoms with Crippen molar-refractivity contribution in [2.75, 3.05) is 0 Å². The maximum atomic E-state index is 2.43. The molecule has 1 aromatic carbocycles. The highest BCUT2D eigenvalue weighted by atomic mass is 14.3. The summed E-state index contributed by atoms with van der Waals surface area (Å²) < 4.78 is 0. The summed E-state index contributed by atoms with van der Waals surface area (Å²) in [5, 5.41) is 0. The molecular weight excluding hydrogens is 264 g/mol. The fraction of sp³-hybridized carbons (Fsp3) is 0.727. The van der Waals surface area contributed by atoms with Crippen LogP contribution >= 0.6 is 0 Å². The van der Waals surface area contributed by atoms with E-state index < -0.39 is 0 Å². The quantitative estimate of drug-likeness (QED) is 0.578. The van der Waals surface area contributed by atoms with Gasteiger partial charge in [-0.15, -0.1) is 0 Å². The monoisotopic (exact) mass is 302 g/mol. The molecule has 0 atom stereocenters. The first-order valence-electron chi connectivity index (χ1n) is 8.78. The lowest BCUT2D eigenvalue weighted by molar-refractivity contribution is 0.381. The van der Waals surface area contributed by atoms with E-state index in [1.54, 1.807) is 16.7 Å². The number of hydrogen-bond acceptors (Lipinski definition) is 0. The molecule has 0 saturated heterocycles. The molecule has 22 heavy (non-hydrogen) atoms. The van der Waals surface area contributed by atoms with Crippen molar-refractivity contribution >= 4 is 0 Å². The summed E-state index contributed by atoms with van der Waals surface area (Å²) in [4.78, 5) is 0. The Hall–Kier alpha value is -0.780. The van der Waals surface area contributed by atoms with Crippen molar-refractivity contribution in [2.45, 2.75) is 88.5 Å². The molecule has 0 bridgehead atoms. The Balaban J connectivity index is 3.40. The Labute approximate surface area is 139 Å². The molecule has 0 aliphatic heterocycles. The van der Waals surface area contributed by atoms with Crippen LogP contribution in [0.15, 0.2) is 12.1 Å². The minimum absolute atomic E-state index is 0.328. The number of rotatable bonds is 3. The molecule has 1 rings (SSSR count). The summed E-state index contributed by atoms with van der Waals surface area (Å²) in [7, 11) is 0. The molecule has 0 aliphatic rings. The molecular formula is C22H38. The van der Waals surface area contributed by atoms with Crippen LogP contribution in [0.2, 0.25) is 0 Å². The first-order chi connectivity index (χ1) is 9.66. The van der Waals surface area contributed by atoms with E-state index in [0.29, 0.717) is 16.2 Å². The predicted molar refractivity (Wildman–Crippen MR) is 101 cm³/mol. The van der Waals surface area contributed by atoms with Gasteiger partial charge in [-0.25, -0.2) is 0 Å². The van der Waals surface area contributed by atoms with Gasteiger partial charge in [0, 0.05) is 0 Å². The van der Waals surface area contributed by atoms with Crippen LogP contribution in [0.25, 0.3) is 0 Å². The molecule has 0 heteroatoms. The lowest BCUT2D eigenvalue weighted by Gasteiger charge is -2.29. The first kappa shape index (κ1) is 19.3. The minimum atomic E-state index is 0.328. The Kier molecular flexibility index (Phi) is 5.59. The van der Waals surface area contributed by atoms with Crippen LogP contribution in [0, 0.1) is 23.2 Å². The van der Waals surface area contributed by atoms with Gasteiger partial charge in [0.2, 0.25) is 0 Å². The Morgan fingerprint density at radius 3 is 1.18 bits per heavy atom. The predicted octanol–water partition coefficient (Wildman–Crippen LogP) is 6.76. The second-order valence-corrected chi connectivity index (χ2v) is 10.8. The lowest BCUT2D eigenvalue weighted by Crippen LogP contribution is -2.19. The molecule has 0 aliphatic carbocycles. The van der Waals surface area contributed by atoms with Gasteiger partial charge < -0.3 is 0 Å². The topological polar surface area (TPSA) is 0 Å². The Morgan fingerprint density at radius 1 is 0.591 bits per heavy atom. The smallest absolute Gasteiger partial charge is 0.0224 e. The van der Waals surface area contributed by atoms with E-state index in [1.807, 2.05) is 0 Å². The van der Waals surface area contributed by atoms with Crippen molar-refractivity contribution in [1.29, 1.82) is 0 Å². The van der Waals surface area contributed by atoms with Crippen molar-refractivity contribution in [3.63, 3.8) is 0 Å². The third kappa shape index (κ3) is 6.99. The molecule has 0 aromatic heterocycles. The summed E-state index contributed by atoms with van der Waals surface area (Å²) in [6.07, 6.45) is 3.50. The number of aryl methyl sites for hydroxylation is 1. The maximum Gasteiger partial charge on any atom is -0.0224 e. The zero-order valence-corrected chi connectivity index (χ0v) is 16.8. The van der Waals surface area contributed by atoms with Crippen LogP contribution in [0.1, 0.15) is 84.6 Å². The van der Waals surface area contributed by atoms with E-state index in [9.17, 15) is 0 Å². The van der Waals surface area contributed by atoms with Crippen LogP contribution in [0.5, 0.6) is 0 Å². The summed E-state index contributed by atoms with van der Waals surface area (Å²) >= 11 is 0. The third-order valence-electron chi connectivity index (χ3n) is 3.73. The average molecular weight is 303 g/mol. The Bertz CT molecular complexity index is 461. The van der Waals surface area contributed by atoms with Crippen molar-refractivity contribution in [1.82, 2.24) is 0 Å². The minimum Gasteiger partial charge on any atom is -0.0599 e. The van der Waals surface area contributed by atoms with Gasteiger partial charge in [-0.2, -0.15) is 0 Å². The van der Waals surface area contributed by atoms with E-state index in [0.717, 1.165) is 12.8 Å². The van der Waals surface area contributed by atoms with Gasteiger partial charge in [-0.05, 0) is 59.1 Å². The highest BCUT2D eigenvalue weighted by Crippen LogP contribution is 2.33. The average Bonchev–Trinajstić information content (AvgIpc) is 2.16. The molecule has 0 amide bonds. The highest BCUT2D eigenvalue weighted by Gasteiger charge is 2.23. The van der Waals surface area contributed by atoms with Crippen LogP contribution in [0.4, 0.5) is 0 Å². The molecule has 0 radical (unpaired) electrons. The van der Waals surface area contributed by atoms with Gasteiger partial charge in [-0.1, -0.05) is 80.0 Å². The summed E-state index contributed by atoms with van der Waals surface area (Å²) in [6, 6.07) is 4.86. The normalized spacial score (nSPS) is 13.5. The van der Waals surface area contributed by atoms with Crippen LogP contribution in [-0.4, -0.2) is 0 Å². The van der Waals surface area contributed by atoms with Gasteiger partial charge in [0.25, 0.3) is 0 Å². The first-order valence-corrected chi connectivity index (χ1v) is 8.78. The van der Waals surface area contributed by atoms with Gasteiger partial charge in [0.15, 0.2) is 0 Å². The van der Waals surface area contributed by atoms with Crippen LogP contribution < -0.4 is 0 Å². The van der Waals surface area contributed by atoms with Crippen LogP contribution in [0.3, 0.4) is 0 Å². The number of hydrogen-bond donors (Lipinski definition) is 0. The summed E-state index contributed by atoms with van der Waals surface area (Å²) in [5.74, 6) is 0. The summed E-state index contributed by atoms with van der Waals surface area (Å²) in [6.45, 7) is 23.4. The molecule has 126 valence electrons. The van der Waals surface area contributed by atoms with Crippen LogP contribution in [-0.2, 0) is 19.3 Å². The van der Waals surface area contributed by atoms with Crippen molar-refractivity contribution in [3.05, 3.63) is 34.4 Å². The summed E-state index contributed by atoms with van der Waals surface area (Å²) in [5.41, 5.74) is 7.16. The van der Waals surface area contributed by atoms with E-state index in [-0.39, 0.29) is 0 Å². The zero-order valence-electron chi connectivity index (χ0n) is 16.8. The zero-order chi connectivity index (χ0) is 17.3. The van der Waals surface area contributed by atoms with Crippen molar-refractivity contribution in [2.24, 2.45) is 16.2 Å². The molecule has 0 N–H and O–H groups in total. The molecule has 0 saturated carbocycles. The lowest BCUT2D eigenvalue weighted by atomic mass is 9.76. The van der Waals surface area contributed by atoms with Gasteiger partial charge in [0.05, 0.1) is 0 Å². The largest absolute Gasteiger partial charge is 0.0599 e. The molecule has 1 aromatic rings. The molecule has 0 fully saturated rings. The van der Waals surface area contributed by atoms with E-state index in [2.05, 4.69) is 81.4 Å². The fourth-order valence-electron chi connectivity index (χ4n) is 3.19. The Morgan fingerprint density at radius 2 is 0.909 bits per heavy atom. The second-order valence-electron chi connectivity index (χ2n) is 10.8. The highest BCUT2D eigenvalue weighted by molar-refractivity contribution is 5.41. The molecule has 0 unspecified atom stereocenters. The van der Waals surface area contributed by atoms with Gasteiger partial charge >= 0.3 is 0 Å².